The van der Waals surface area contributed by atoms with E-state index in [4.69, 9.17) is 0 Å². The number of carbonyl (C=O) groups is 1. The van der Waals surface area contributed by atoms with Crippen LogP contribution in [0.2, 0.25) is 0 Å². The van der Waals surface area contributed by atoms with Crippen molar-refractivity contribution >= 4 is 5.91 Å². The number of carbonyl (C=O) groups excluding carboxylic acids is 1. The molecule has 114 valence electrons. The molecule has 1 amide bonds. The first kappa shape index (κ1) is 14.4. The van der Waals surface area contributed by atoms with Gasteiger partial charge < -0.3 is 10.2 Å². The molecule has 0 aromatic carbocycles. The van der Waals surface area contributed by atoms with Crippen molar-refractivity contribution in [1.82, 2.24) is 10.2 Å². The predicted molar refractivity (Wildman–Crippen MR) is 81.4 cm³/mol. The van der Waals surface area contributed by atoms with Crippen LogP contribution in [0, 0.1) is 17.8 Å². The minimum atomic E-state index is 0.389. The van der Waals surface area contributed by atoms with Crippen LogP contribution in [0.1, 0.15) is 58.8 Å². The quantitative estimate of drug-likeness (QED) is 0.861. The first-order valence-corrected chi connectivity index (χ1v) is 8.68. The SMILES string of the molecule is CC1CCC(NC2CCN(C(=O)C3CC3)CC2)CC1C. The lowest BCUT2D eigenvalue weighted by atomic mass is 9.79. The maximum absolute atomic E-state index is 12.0. The zero-order valence-electron chi connectivity index (χ0n) is 13.1. The van der Waals surface area contributed by atoms with E-state index >= 15 is 0 Å². The van der Waals surface area contributed by atoms with Crippen LogP contribution in [-0.2, 0) is 4.79 Å². The minimum absolute atomic E-state index is 0.389. The standard InChI is InChI=1S/C17H30N2O/c1-12-3-6-16(11-13(12)2)18-15-7-9-19(10-8-15)17(20)14-4-5-14/h12-16,18H,3-11H2,1-2H3. The number of hydrogen-bond donors (Lipinski definition) is 1. The van der Waals surface area contributed by atoms with Gasteiger partial charge in [0.2, 0.25) is 5.91 Å². The Kier molecular flexibility index (Phi) is 4.34. The van der Waals surface area contributed by atoms with Gasteiger partial charge >= 0.3 is 0 Å². The molecule has 3 rings (SSSR count). The third kappa shape index (κ3) is 3.36. The first-order valence-electron chi connectivity index (χ1n) is 8.68. The Morgan fingerprint density at radius 1 is 0.900 bits per heavy atom. The summed E-state index contributed by atoms with van der Waals surface area (Å²) in [6.07, 6.45) is 8.62. The number of piperidine rings is 1. The van der Waals surface area contributed by atoms with Crippen LogP contribution in [0.25, 0.3) is 0 Å². The van der Waals surface area contributed by atoms with Gasteiger partial charge in [-0.05, 0) is 56.8 Å². The Balaban J connectivity index is 1.41. The second-order valence-corrected chi connectivity index (χ2v) is 7.51. The lowest BCUT2D eigenvalue weighted by Gasteiger charge is -2.38. The molecule has 3 unspecified atom stereocenters. The number of nitrogens with zero attached hydrogens (tertiary/aromatic N) is 1. The Hall–Kier alpha value is -0.570. The van der Waals surface area contributed by atoms with Gasteiger partial charge in [0.1, 0.15) is 0 Å². The Bertz CT molecular complexity index is 345. The molecule has 2 saturated carbocycles. The van der Waals surface area contributed by atoms with Gasteiger partial charge in [0.25, 0.3) is 0 Å². The first-order chi connectivity index (χ1) is 9.63. The lowest BCUT2D eigenvalue weighted by molar-refractivity contribution is -0.133. The fourth-order valence-electron chi connectivity index (χ4n) is 3.89. The number of nitrogens with one attached hydrogen (secondary N) is 1. The second-order valence-electron chi connectivity index (χ2n) is 7.51. The van der Waals surface area contributed by atoms with Crippen LogP contribution < -0.4 is 5.32 Å². The second kappa shape index (κ2) is 6.05. The van der Waals surface area contributed by atoms with E-state index in [0.717, 1.165) is 56.7 Å². The summed E-state index contributed by atoms with van der Waals surface area (Å²) in [5.41, 5.74) is 0. The van der Waals surface area contributed by atoms with Crippen molar-refractivity contribution in [3.63, 3.8) is 0 Å². The summed E-state index contributed by atoms with van der Waals surface area (Å²) >= 11 is 0. The largest absolute Gasteiger partial charge is 0.342 e. The molecule has 1 heterocycles. The minimum Gasteiger partial charge on any atom is -0.342 e. The molecular weight excluding hydrogens is 248 g/mol. The van der Waals surface area contributed by atoms with E-state index in [1.165, 1.54) is 19.3 Å². The van der Waals surface area contributed by atoms with Gasteiger partial charge in [0, 0.05) is 31.1 Å². The topological polar surface area (TPSA) is 32.3 Å². The molecular formula is C17H30N2O. The summed E-state index contributed by atoms with van der Waals surface area (Å²) in [7, 11) is 0. The van der Waals surface area contributed by atoms with Gasteiger partial charge in [0.05, 0.1) is 0 Å². The molecule has 0 bridgehead atoms. The molecule has 0 aromatic rings. The maximum Gasteiger partial charge on any atom is 0.225 e. The molecule has 3 nitrogen and oxygen atoms in total. The molecule has 3 fully saturated rings. The summed E-state index contributed by atoms with van der Waals surface area (Å²) in [6, 6.07) is 1.36. The molecule has 3 aliphatic rings. The monoisotopic (exact) mass is 278 g/mol. The molecule has 20 heavy (non-hydrogen) atoms. The van der Waals surface area contributed by atoms with Gasteiger partial charge in [0.15, 0.2) is 0 Å². The average molecular weight is 278 g/mol. The van der Waals surface area contributed by atoms with Crippen LogP contribution >= 0.6 is 0 Å². The van der Waals surface area contributed by atoms with Crippen LogP contribution in [0.15, 0.2) is 0 Å². The smallest absolute Gasteiger partial charge is 0.225 e. The molecule has 3 atom stereocenters. The van der Waals surface area contributed by atoms with Crippen LogP contribution in [0.3, 0.4) is 0 Å². The van der Waals surface area contributed by atoms with Crippen molar-refractivity contribution < 1.29 is 4.79 Å². The zero-order chi connectivity index (χ0) is 14.1. The van der Waals surface area contributed by atoms with E-state index in [9.17, 15) is 4.79 Å². The van der Waals surface area contributed by atoms with E-state index in [1.54, 1.807) is 0 Å². The molecule has 0 radical (unpaired) electrons. The van der Waals surface area contributed by atoms with Crippen molar-refractivity contribution in [2.45, 2.75) is 70.9 Å². The van der Waals surface area contributed by atoms with E-state index in [0.29, 0.717) is 17.9 Å². The Morgan fingerprint density at radius 3 is 2.20 bits per heavy atom. The van der Waals surface area contributed by atoms with Gasteiger partial charge in [-0.3, -0.25) is 4.79 Å². The van der Waals surface area contributed by atoms with Crippen molar-refractivity contribution in [2.75, 3.05) is 13.1 Å². The molecule has 0 spiro atoms. The fraction of sp³-hybridized carbons (Fsp3) is 0.941. The summed E-state index contributed by atoms with van der Waals surface area (Å²) < 4.78 is 0. The van der Waals surface area contributed by atoms with Crippen LogP contribution in [0.4, 0.5) is 0 Å². The third-order valence-electron chi connectivity index (χ3n) is 5.80. The normalized spacial score (nSPS) is 36.1. The maximum atomic E-state index is 12.0. The van der Waals surface area contributed by atoms with Gasteiger partial charge in [-0.15, -0.1) is 0 Å². The average Bonchev–Trinajstić information content (AvgIpc) is 3.28. The third-order valence-corrected chi connectivity index (χ3v) is 5.80. The van der Waals surface area contributed by atoms with Crippen LogP contribution in [-0.4, -0.2) is 36.0 Å². The molecule has 2 aliphatic carbocycles. The highest BCUT2D eigenvalue weighted by Crippen LogP contribution is 2.32. The highest BCUT2D eigenvalue weighted by Gasteiger charge is 2.35. The van der Waals surface area contributed by atoms with Crippen molar-refractivity contribution in [2.24, 2.45) is 17.8 Å². The van der Waals surface area contributed by atoms with Crippen molar-refractivity contribution in [3.8, 4) is 0 Å². The van der Waals surface area contributed by atoms with Gasteiger partial charge in [-0.25, -0.2) is 0 Å². The molecule has 1 aliphatic heterocycles. The fourth-order valence-corrected chi connectivity index (χ4v) is 3.89. The van der Waals surface area contributed by atoms with E-state index < -0.39 is 0 Å². The van der Waals surface area contributed by atoms with Crippen LogP contribution in [0.5, 0.6) is 0 Å². The number of rotatable bonds is 3. The number of likely N-dealkylation sites (tertiary alicyclic amines) is 1. The van der Waals surface area contributed by atoms with E-state index in [1.807, 2.05) is 0 Å². The number of amides is 1. The summed E-state index contributed by atoms with van der Waals surface area (Å²) in [5.74, 6) is 2.58. The Labute approximate surface area is 123 Å². The van der Waals surface area contributed by atoms with Gasteiger partial charge in [-0.1, -0.05) is 13.8 Å². The molecule has 3 heteroatoms. The highest BCUT2D eigenvalue weighted by atomic mass is 16.2. The highest BCUT2D eigenvalue weighted by molar-refractivity contribution is 5.81. The molecule has 1 N–H and O–H groups in total. The van der Waals surface area contributed by atoms with Crippen molar-refractivity contribution in [3.05, 3.63) is 0 Å². The van der Waals surface area contributed by atoms with Crippen molar-refractivity contribution in [1.29, 1.82) is 0 Å². The zero-order valence-corrected chi connectivity index (χ0v) is 13.1. The van der Waals surface area contributed by atoms with Gasteiger partial charge in [-0.2, -0.15) is 0 Å². The summed E-state index contributed by atoms with van der Waals surface area (Å²) in [4.78, 5) is 14.2. The Morgan fingerprint density at radius 2 is 1.60 bits per heavy atom. The molecule has 1 saturated heterocycles. The number of hydrogen-bond acceptors (Lipinski definition) is 2. The summed E-state index contributed by atoms with van der Waals surface area (Å²) in [5, 5.41) is 3.88. The molecule has 0 aromatic heterocycles. The van der Waals surface area contributed by atoms with E-state index in [-0.39, 0.29) is 0 Å². The summed E-state index contributed by atoms with van der Waals surface area (Å²) in [6.45, 7) is 6.75. The predicted octanol–water partition coefficient (Wildman–Crippen LogP) is 2.80. The van der Waals surface area contributed by atoms with E-state index in [2.05, 4.69) is 24.1 Å². The lowest BCUT2D eigenvalue weighted by Crippen LogP contribution is -2.49.